The van der Waals surface area contributed by atoms with Crippen molar-refractivity contribution >= 4 is 11.4 Å². The van der Waals surface area contributed by atoms with E-state index in [1.54, 1.807) is 6.92 Å². The molecule has 5 nitrogen and oxygen atoms in total. The highest BCUT2D eigenvalue weighted by molar-refractivity contribution is 5.55. The van der Waals surface area contributed by atoms with Gasteiger partial charge < -0.3 is 10.4 Å². The van der Waals surface area contributed by atoms with Gasteiger partial charge in [0.1, 0.15) is 5.56 Å². The minimum absolute atomic E-state index is 0.105. The second-order valence-corrected chi connectivity index (χ2v) is 4.16. The second-order valence-electron chi connectivity index (χ2n) is 4.16. The summed E-state index contributed by atoms with van der Waals surface area (Å²) in [6.45, 7) is 1.88. The zero-order valence-corrected chi connectivity index (χ0v) is 10.1. The third-order valence-electron chi connectivity index (χ3n) is 2.46. The van der Waals surface area contributed by atoms with Gasteiger partial charge in [0.05, 0.1) is 4.92 Å². The molecule has 0 aliphatic carbocycles. The first-order valence-corrected chi connectivity index (χ1v) is 5.46. The first-order chi connectivity index (χ1) is 8.75. The summed E-state index contributed by atoms with van der Waals surface area (Å²) in [6, 6.07) is 2.72. The summed E-state index contributed by atoms with van der Waals surface area (Å²) in [7, 11) is 0. The van der Waals surface area contributed by atoms with Crippen molar-refractivity contribution in [1.29, 1.82) is 0 Å². The van der Waals surface area contributed by atoms with E-state index in [4.69, 9.17) is 5.11 Å². The Kier molecular flexibility index (Phi) is 4.71. The van der Waals surface area contributed by atoms with Crippen LogP contribution in [0.15, 0.2) is 18.2 Å². The topological polar surface area (TPSA) is 75.4 Å². The molecule has 2 N–H and O–H groups in total. The number of hydrogen-bond donors (Lipinski definition) is 2. The van der Waals surface area contributed by atoms with Gasteiger partial charge in [0.25, 0.3) is 5.69 Å². The smallest absolute Gasteiger partial charge is 0.396 e. The highest BCUT2D eigenvalue weighted by atomic mass is 19.4. The largest absolute Gasteiger partial charge is 0.423 e. The molecular formula is C11H13F3N2O3. The predicted molar refractivity (Wildman–Crippen MR) is 62.8 cm³/mol. The van der Waals surface area contributed by atoms with Crippen LogP contribution in [0, 0.1) is 16.0 Å². The lowest BCUT2D eigenvalue weighted by atomic mass is 10.1. The van der Waals surface area contributed by atoms with Crippen molar-refractivity contribution in [3.63, 3.8) is 0 Å². The number of nitro groups is 1. The van der Waals surface area contributed by atoms with E-state index in [-0.39, 0.29) is 24.8 Å². The minimum atomic E-state index is -4.79. The van der Waals surface area contributed by atoms with Crippen LogP contribution in [-0.2, 0) is 6.18 Å². The van der Waals surface area contributed by atoms with Gasteiger partial charge in [0.15, 0.2) is 0 Å². The quantitative estimate of drug-likeness (QED) is 0.641. The van der Waals surface area contributed by atoms with E-state index in [1.165, 1.54) is 6.07 Å². The van der Waals surface area contributed by atoms with Crippen molar-refractivity contribution in [3.05, 3.63) is 33.9 Å². The first-order valence-electron chi connectivity index (χ1n) is 5.46. The summed E-state index contributed by atoms with van der Waals surface area (Å²) in [5.41, 5.74) is -2.15. The fourth-order valence-electron chi connectivity index (χ4n) is 1.39. The number of halogens is 3. The highest BCUT2D eigenvalue weighted by Crippen LogP contribution is 2.37. The van der Waals surface area contributed by atoms with Crippen LogP contribution in [0.5, 0.6) is 0 Å². The Bertz CT molecular complexity index is 463. The summed E-state index contributed by atoms with van der Waals surface area (Å²) >= 11 is 0. The molecule has 0 bridgehead atoms. The molecule has 0 aromatic heterocycles. The number of nitrogens with one attached hydrogen (secondary N) is 1. The van der Waals surface area contributed by atoms with E-state index in [2.05, 4.69) is 5.32 Å². The average Bonchev–Trinajstić information content (AvgIpc) is 2.34. The lowest BCUT2D eigenvalue weighted by Crippen LogP contribution is -2.15. The van der Waals surface area contributed by atoms with Crippen molar-refractivity contribution in [2.24, 2.45) is 5.92 Å². The molecule has 0 heterocycles. The monoisotopic (exact) mass is 278 g/mol. The summed E-state index contributed by atoms with van der Waals surface area (Å²) < 4.78 is 38.0. The number of aliphatic hydroxyl groups excluding tert-OH is 1. The number of hydrogen-bond acceptors (Lipinski definition) is 4. The molecule has 0 spiro atoms. The summed E-state index contributed by atoms with van der Waals surface area (Å²) in [4.78, 5) is 9.48. The number of alkyl halides is 3. The Balaban J connectivity index is 3.02. The van der Waals surface area contributed by atoms with Crippen molar-refractivity contribution < 1.29 is 23.2 Å². The summed E-state index contributed by atoms with van der Waals surface area (Å²) in [5, 5.41) is 22.0. The molecule has 1 aromatic rings. The van der Waals surface area contributed by atoms with Gasteiger partial charge in [-0.2, -0.15) is 13.2 Å². The molecule has 0 amide bonds. The van der Waals surface area contributed by atoms with E-state index in [0.717, 1.165) is 6.07 Å². The summed E-state index contributed by atoms with van der Waals surface area (Å²) in [5.74, 6) is -0.135. The van der Waals surface area contributed by atoms with Crippen molar-refractivity contribution in [1.82, 2.24) is 0 Å². The predicted octanol–water partition coefficient (Wildman–Crippen LogP) is 2.65. The van der Waals surface area contributed by atoms with Crippen LogP contribution in [0.4, 0.5) is 24.5 Å². The SMILES string of the molecule is CC(CO)CNc1ccc([N+](=O)[O-])c(C(F)(F)F)c1. The molecule has 19 heavy (non-hydrogen) atoms. The maximum atomic E-state index is 12.7. The van der Waals surface area contributed by atoms with Crippen LogP contribution in [0.2, 0.25) is 0 Å². The van der Waals surface area contributed by atoms with Crippen LogP contribution in [0.1, 0.15) is 12.5 Å². The zero-order valence-electron chi connectivity index (χ0n) is 10.1. The van der Waals surface area contributed by atoms with Gasteiger partial charge >= 0.3 is 6.18 Å². The molecule has 1 rings (SSSR count). The Morgan fingerprint density at radius 2 is 2.11 bits per heavy atom. The van der Waals surface area contributed by atoms with Gasteiger partial charge in [-0.25, -0.2) is 0 Å². The Hall–Kier alpha value is -1.83. The zero-order chi connectivity index (χ0) is 14.6. The van der Waals surface area contributed by atoms with Gasteiger partial charge in [-0.15, -0.1) is 0 Å². The second kappa shape index (κ2) is 5.87. The minimum Gasteiger partial charge on any atom is -0.396 e. The molecule has 0 aliphatic rings. The third kappa shape index (κ3) is 4.09. The van der Waals surface area contributed by atoms with Crippen LogP contribution in [-0.4, -0.2) is 23.2 Å². The van der Waals surface area contributed by atoms with Crippen LogP contribution in [0.3, 0.4) is 0 Å². The van der Waals surface area contributed by atoms with Gasteiger partial charge in [-0.05, 0) is 18.1 Å². The molecule has 106 valence electrons. The van der Waals surface area contributed by atoms with E-state index >= 15 is 0 Å². The molecule has 0 saturated carbocycles. The number of benzene rings is 1. The Morgan fingerprint density at radius 3 is 2.58 bits per heavy atom. The fourth-order valence-corrected chi connectivity index (χ4v) is 1.39. The van der Waals surface area contributed by atoms with Crippen molar-refractivity contribution in [3.8, 4) is 0 Å². The average molecular weight is 278 g/mol. The van der Waals surface area contributed by atoms with Crippen molar-refractivity contribution in [2.75, 3.05) is 18.5 Å². The van der Waals surface area contributed by atoms with Gasteiger partial charge in [-0.3, -0.25) is 10.1 Å². The Labute approximate surface area is 107 Å². The van der Waals surface area contributed by atoms with E-state index < -0.39 is 22.4 Å². The number of rotatable bonds is 5. The van der Waals surface area contributed by atoms with Gasteiger partial charge in [0.2, 0.25) is 0 Å². The maximum Gasteiger partial charge on any atom is 0.423 e. The Morgan fingerprint density at radius 1 is 1.47 bits per heavy atom. The van der Waals surface area contributed by atoms with Crippen LogP contribution < -0.4 is 5.32 Å². The molecule has 0 saturated heterocycles. The molecule has 1 unspecified atom stereocenters. The molecule has 0 aliphatic heterocycles. The molecule has 0 radical (unpaired) electrons. The normalized spacial score (nSPS) is 13.1. The van der Waals surface area contributed by atoms with E-state index in [1.807, 2.05) is 0 Å². The lowest BCUT2D eigenvalue weighted by molar-refractivity contribution is -0.388. The molecular weight excluding hydrogens is 265 g/mol. The molecule has 1 aromatic carbocycles. The number of aliphatic hydroxyl groups is 1. The lowest BCUT2D eigenvalue weighted by Gasteiger charge is -2.13. The third-order valence-corrected chi connectivity index (χ3v) is 2.46. The number of nitrogens with zero attached hydrogens (tertiary/aromatic N) is 1. The van der Waals surface area contributed by atoms with E-state index in [0.29, 0.717) is 6.07 Å². The summed E-state index contributed by atoms with van der Waals surface area (Å²) in [6.07, 6.45) is -4.79. The van der Waals surface area contributed by atoms with Crippen LogP contribution in [0.25, 0.3) is 0 Å². The van der Waals surface area contributed by atoms with Gasteiger partial charge in [0, 0.05) is 24.9 Å². The number of nitro benzene ring substituents is 1. The fraction of sp³-hybridized carbons (Fsp3) is 0.455. The van der Waals surface area contributed by atoms with Crippen molar-refractivity contribution in [2.45, 2.75) is 13.1 Å². The van der Waals surface area contributed by atoms with E-state index in [9.17, 15) is 23.3 Å². The standard InChI is InChI=1S/C11H13F3N2O3/c1-7(6-17)5-15-8-2-3-10(16(18)19)9(4-8)11(12,13)14/h2-4,7,15,17H,5-6H2,1H3. The maximum absolute atomic E-state index is 12.7. The molecule has 0 fully saturated rings. The molecule has 1 atom stereocenters. The van der Waals surface area contributed by atoms with Gasteiger partial charge in [-0.1, -0.05) is 6.92 Å². The number of anilines is 1. The highest BCUT2D eigenvalue weighted by Gasteiger charge is 2.38. The molecule has 8 heteroatoms. The van der Waals surface area contributed by atoms with Crippen LogP contribution >= 0.6 is 0 Å². The first kappa shape index (κ1) is 15.2.